The second-order valence-corrected chi connectivity index (χ2v) is 5.20. The Kier molecular flexibility index (Phi) is 2.56. The summed E-state index contributed by atoms with van der Waals surface area (Å²) in [6.45, 7) is 14.5. The quantitative estimate of drug-likeness (QED) is 0.622. The minimum atomic E-state index is 0.362. The maximum Gasteiger partial charge on any atom is 0.0273 e. The van der Waals surface area contributed by atoms with Crippen molar-refractivity contribution in [3.05, 3.63) is 23.0 Å². The van der Waals surface area contributed by atoms with Crippen LogP contribution in [-0.2, 0) is 6.54 Å². The minimum Gasteiger partial charge on any atom is -0.348 e. The van der Waals surface area contributed by atoms with E-state index in [0.717, 1.165) is 6.54 Å². The normalized spacial score (nSPS) is 12.2. The first-order valence-electron chi connectivity index (χ1n) is 4.94. The summed E-state index contributed by atoms with van der Waals surface area (Å²) in [6.07, 6.45) is 0. The second kappa shape index (κ2) is 3.21. The lowest BCUT2D eigenvalue weighted by molar-refractivity contribution is 0.338. The first kappa shape index (κ1) is 10.4. The fourth-order valence-electron chi connectivity index (χ4n) is 1.69. The molecule has 74 valence electrons. The Bertz CT molecular complexity index is 300. The van der Waals surface area contributed by atoms with Crippen molar-refractivity contribution in [2.75, 3.05) is 0 Å². The van der Waals surface area contributed by atoms with Gasteiger partial charge in [0.2, 0.25) is 0 Å². The summed E-state index contributed by atoms with van der Waals surface area (Å²) in [4.78, 5) is 0. The molecule has 0 saturated heterocycles. The van der Waals surface area contributed by atoms with Crippen molar-refractivity contribution in [3.8, 4) is 0 Å². The molecule has 0 aromatic carbocycles. The average Bonchev–Trinajstić information content (AvgIpc) is 2.14. The van der Waals surface area contributed by atoms with E-state index in [1.807, 2.05) is 0 Å². The SMILES string of the molecule is Cc1cc(C)n(CC(C)(C)C)c1C. The Labute approximate surface area is 81.8 Å². The second-order valence-electron chi connectivity index (χ2n) is 5.20. The fraction of sp³-hybridized carbons (Fsp3) is 0.667. The maximum absolute atomic E-state index is 2.41. The molecule has 13 heavy (non-hydrogen) atoms. The van der Waals surface area contributed by atoms with Crippen LogP contribution >= 0.6 is 0 Å². The number of rotatable bonds is 1. The van der Waals surface area contributed by atoms with Gasteiger partial charge in [-0.15, -0.1) is 0 Å². The molecule has 0 N–H and O–H groups in total. The summed E-state index contributed by atoms with van der Waals surface area (Å²) in [6, 6.07) is 2.26. The van der Waals surface area contributed by atoms with Gasteiger partial charge in [0.1, 0.15) is 0 Å². The van der Waals surface area contributed by atoms with Gasteiger partial charge in [-0.1, -0.05) is 20.8 Å². The number of aryl methyl sites for hydroxylation is 2. The van der Waals surface area contributed by atoms with E-state index >= 15 is 0 Å². The Morgan fingerprint density at radius 1 is 1.15 bits per heavy atom. The topological polar surface area (TPSA) is 4.93 Å². The summed E-state index contributed by atoms with van der Waals surface area (Å²) in [5.74, 6) is 0. The van der Waals surface area contributed by atoms with Crippen LogP contribution in [0.15, 0.2) is 6.07 Å². The molecule has 0 amide bonds. The third-order valence-corrected chi connectivity index (χ3v) is 2.46. The van der Waals surface area contributed by atoms with E-state index in [-0.39, 0.29) is 0 Å². The van der Waals surface area contributed by atoms with E-state index in [0.29, 0.717) is 5.41 Å². The molecule has 1 nitrogen and oxygen atoms in total. The summed E-state index contributed by atoms with van der Waals surface area (Å²) in [5, 5.41) is 0. The largest absolute Gasteiger partial charge is 0.348 e. The van der Waals surface area contributed by atoms with E-state index in [4.69, 9.17) is 0 Å². The predicted molar refractivity (Wildman–Crippen MR) is 58.1 cm³/mol. The van der Waals surface area contributed by atoms with E-state index in [1.54, 1.807) is 0 Å². The van der Waals surface area contributed by atoms with Gasteiger partial charge < -0.3 is 4.57 Å². The molecule has 0 bridgehead atoms. The monoisotopic (exact) mass is 179 g/mol. The molecule has 1 aromatic rings. The summed E-state index contributed by atoms with van der Waals surface area (Å²) in [7, 11) is 0. The van der Waals surface area contributed by atoms with Crippen molar-refractivity contribution < 1.29 is 0 Å². The number of hydrogen-bond donors (Lipinski definition) is 0. The van der Waals surface area contributed by atoms with Gasteiger partial charge >= 0.3 is 0 Å². The highest BCUT2D eigenvalue weighted by atomic mass is 15.0. The Balaban J connectivity index is 3.01. The van der Waals surface area contributed by atoms with Crippen molar-refractivity contribution in [3.63, 3.8) is 0 Å². The Hall–Kier alpha value is -0.720. The average molecular weight is 179 g/mol. The van der Waals surface area contributed by atoms with Crippen molar-refractivity contribution in [2.24, 2.45) is 5.41 Å². The molecule has 0 atom stereocenters. The number of hydrogen-bond acceptors (Lipinski definition) is 0. The van der Waals surface area contributed by atoms with Gasteiger partial charge in [-0.25, -0.2) is 0 Å². The van der Waals surface area contributed by atoms with Crippen LogP contribution in [0, 0.1) is 26.2 Å². The lowest BCUT2D eigenvalue weighted by Gasteiger charge is -2.22. The standard InChI is InChI=1S/C12H21N/c1-9-7-10(2)13(11(9)3)8-12(4,5)6/h7H,8H2,1-6H3. The van der Waals surface area contributed by atoms with E-state index < -0.39 is 0 Å². The molecule has 0 aliphatic rings. The fourth-order valence-corrected chi connectivity index (χ4v) is 1.69. The van der Waals surface area contributed by atoms with Crippen LogP contribution < -0.4 is 0 Å². The first-order chi connectivity index (χ1) is 5.81. The summed E-state index contributed by atoms with van der Waals surface area (Å²) >= 11 is 0. The van der Waals surface area contributed by atoms with Gasteiger partial charge in [0.05, 0.1) is 0 Å². The van der Waals surface area contributed by atoms with Crippen molar-refractivity contribution in [2.45, 2.75) is 48.1 Å². The van der Waals surface area contributed by atoms with Gasteiger partial charge in [-0.05, 0) is 37.8 Å². The molecule has 1 aromatic heterocycles. The highest BCUT2D eigenvalue weighted by Crippen LogP contribution is 2.21. The number of nitrogens with zero attached hydrogens (tertiary/aromatic N) is 1. The van der Waals surface area contributed by atoms with Crippen molar-refractivity contribution >= 4 is 0 Å². The third-order valence-electron chi connectivity index (χ3n) is 2.46. The van der Waals surface area contributed by atoms with Crippen LogP contribution in [-0.4, -0.2) is 4.57 Å². The molecule has 0 aliphatic carbocycles. The van der Waals surface area contributed by atoms with Crippen molar-refractivity contribution in [1.29, 1.82) is 0 Å². The molecule has 0 unspecified atom stereocenters. The molecular formula is C12H21N. The van der Waals surface area contributed by atoms with E-state index in [1.165, 1.54) is 17.0 Å². The zero-order chi connectivity index (χ0) is 10.2. The van der Waals surface area contributed by atoms with Gasteiger partial charge in [0, 0.05) is 17.9 Å². The van der Waals surface area contributed by atoms with Gasteiger partial charge in [0.15, 0.2) is 0 Å². The van der Waals surface area contributed by atoms with Gasteiger partial charge in [-0.2, -0.15) is 0 Å². The van der Waals surface area contributed by atoms with Gasteiger partial charge in [0.25, 0.3) is 0 Å². The molecule has 1 heterocycles. The summed E-state index contributed by atoms with van der Waals surface area (Å²) in [5.41, 5.74) is 4.56. The zero-order valence-electron chi connectivity index (χ0n) is 9.73. The third kappa shape index (κ3) is 2.36. The molecular weight excluding hydrogens is 158 g/mol. The summed E-state index contributed by atoms with van der Waals surface area (Å²) < 4.78 is 2.41. The lowest BCUT2D eigenvalue weighted by atomic mass is 9.96. The molecule has 0 saturated carbocycles. The van der Waals surface area contributed by atoms with Crippen LogP contribution in [0.4, 0.5) is 0 Å². The van der Waals surface area contributed by atoms with Crippen molar-refractivity contribution in [1.82, 2.24) is 4.57 Å². The van der Waals surface area contributed by atoms with Crippen LogP contribution in [0.3, 0.4) is 0 Å². The first-order valence-corrected chi connectivity index (χ1v) is 4.94. The van der Waals surface area contributed by atoms with Crippen LogP contribution in [0.25, 0.3) is 0 Å². The smallest absolute Gasteiger partial charge is 0.0273 e. The zero-order valence-corrected chi connectivity index (χ0v) is 9.73. The maximum atomic E-state index is 2.41. The highest BCUT2D eigenvalue weighted by Gasteiger charge is 2.14. The molecule has 0 spiro atoms. The molecule has 1 heteroatoms. The Morgan fingerprint density at radius 3 is 2.00 bits per heavy atom. The molecule has 0 aliphatic heterocycles. The Morgan fingerprint density at radius 2 is 1.69 bits per heavy atom. The van der Waals surface area contributed by atoms with E-state index in [9.17, 15) is 0 Å². The predicted octanol–water partition coefficient (Wildman–Crippen LogP) is 3.46. The van der Waals surface area contributed by atoms with Crippen LogP contribution in [0.5, 0.6) is 0 Å². The van der Waals surface area contributed by atoms with Crippen LogP contribution in [0.1, 0.15) is 37.7 Å². The van der Waals surface area contributed by atoms with E-state index in [2.05, 4.69) is 52.2 Å². The van der Waals surface area contributed by atoms with Crippen LogP contribution in [0.2, 0.25) is 0 Å². The highest BCUT2D eigenvalue weighted by molar-refractivity contribution is 5.25. The molecule has 0 fully saturated rings. The lowest BCUT2D eigenvalue weighted by Crippen LogP contribution is -2.17. The minimum absolute atomic E-state index is 0.362. The van der Waals surface area contributed by atoms with Gasteiger partial charge in [-0.3, -0.25) is 0 Å². The molecule has 1 rings (SSSR count). The molecule has 0 radical (unpaired) electrons. The number of aromatic nitrogens is 1.